The number of piperidine rings is 1. The number of hydrogen-bond donors (Lipinski definition) is 2. The molecule has 4 rings (SSSR count). The molecule has 1 aromatic heterocycles. The molecule has 0 aromatic carbocycles. The monoisotopic (exact) mass is 458 g/mol. The van der Waals surface area contributed by atoms with Gasteiger partial charge in [-0.25, -0.2) is 9.98 Å². The molecule has 1 unspecified atom stereocenters. The summed E-state index contributed by atoms with van der Waals surface area (Å²) in [7, 11) is 0.714. The lowest BCUT2D eigenvalue weighted by atomic mass is 10.1. The standard InChI is InChI=1S/C21H30N8O2S/c1-3-23-17(6-8-22)28-9-11-29(12-10-28)21-25-16-7-13-32(31)19(16)20(26-21)24-15-4-5-18(30)27(2)14-15/h3,6,8,15H,1,4-5,7,9-14,22H2,2H3,(H,24,25,26)/b8-6-,23-17?/t15-,32?/m0/s1. The van der Waals surface area contributed by atoms with E-state index in [-0.39, 0.29) is 11.9 Å². The zero-order valence-corrected chi connectivity index (χ0v) is 19.2. The van der Waals surface area contributed by atoms with Gasteiger partial charge in [0.1, 0.15) is 16.5 Å². The summed E-state index contributed by atoms with van der Waals surface area (Å²) in [4.78, 5) is 32.5. The third-order valence-corrected chi connectivity index (χ3v) is 7.46. The Balaban J connectivity index is 1.52. The van der Waals surface area contributed by atoms with Gasteiger partial charge in [-0.15, -0.1) is 0 Å². The topological polar surface area (TPSA) is 120 Å². The molecule has 0 radical (unpaired) electrons. The number of hydrogen-bond acceptors (Lipinski definition) is 8. The van der Waals surface area contributed by atoms with Crippen LogP contribution in [0.5, 0.6) is 0 Å². The van der Waals surface area contributed by atoms with Crippen molar-refractivity contribution in [1.82, 2.24) is 19.8 Å². The van der Waals surface area contributed by atoms with E-state index in [1.165, 1.54) is 12.4 Å². The number of rotatable bonds is 5. The molecule has 3 aliphatic heterocycles. The first-order valence-corrected chi connectivity index (χ1v) is 12.2. The third kappa shape index (κ3) is 4.62. The number of nitrogens with two attached hydrogens (primary N) is 1. The van der Waals surface area contributed by atoms with Crippen molar-refractivity contribution in [3.8, 4) is 0 Å². The maximum Gasteiger partial charge on any atom is 0.227 e. The van der Waals surface area contributed by atoms with Crippen LogP contribution in [0.25, 0.3) is 0 Å². The van der Waals surface area contributed by atoms with Crippen LogP contribution in [0.2, 0.25) is 0 Å². The van der Waals surface area contributed by atoms with E-state index >= 15 is 0 Å². The number of piperazine rings is 1. The number of nitrogens with one attached hydrogen (secondary N) is 1. The van der Waals surface area contributed by atoms with Gasteiger partial charge in [-0.2, -0.15) is 4.98 Å². The number of anilines is 2. The van der Waals surface area contributed by atoms with Gasteiger partial charge in [0, 0.05) is 70.6 Å². The van der Waals surface area contributed by atoms with Crippen molar-refractivity contribution in [2.45, 2.75) is 30.2 Å². The van der Waals surface area contributed by atoms with Crippen LogP contribution < -0.4 is 16.0 Å². The summed E-state index contributed by atoms with van der Waals surface area (Å²) in [6.07, 6.45) is 6.69. The van der Waals surface area contributed by atoms with E-state index in [4.69, 9.17) is 15.7 Å². The number of carbonyl (C=O) groups is 1. The number of aryl methyl sites for hydroxylation is 1. The molecule has 2 fully saturated rings. The number of aromatic nitrogens is 2. The van der Waals surface area contributed by atoms with Gasteiger partial charge in [-0.3, -0.25) is 9.00 Å². The number of likely N-dealkylation sites (tertiary alicyclic amines) is 1. The average molecular weight is 459 g/mol. The van der Waals surface area contributed by atoms with Crippen molar-refractivity contribution >= 4 is 34.3 Å². The van der Waals surface area contributed by atoms with Crippen molar-refractivity contribution in [2.24, 2.45) is 10.7 Å². The SMILES string of the molecule is C=CN=C(/C=C\N)N1CCN(c2nc3c(c(N[C@H]4CCC(=O)N(C)C4)n2)S(=O)CC3)CC1. The van der Waals surface area contributed by atoms with Crippen LogP contribution in [-0.2, 0) is 22.0 Å². The van der Waals surface area contributed by atoms with Crippen LogP contribution in [0.15, 0.2) is 34.9 Å². The first-order chi connectivity index (χ1) is 15.5. The van der Waals surface area contributed by atoms with Crippen molar-refractivity contribution < 1.29 is 9.00 Å². The highest BCUT2D eigenvalue weighted by Gasteiger charge is 2.31. The summed E-state index contributed by atoms with van der Waals surface area (Å²) in [5, 5.41) is 3.47. The Kier molecular flexibility index (Phi) is 6.73. The number of amides is 1. The van der Waals surface area contributed by atoms with Crippen LogP contribution in [0.3, 0.4) is 0 Å². The van der Waals surface area contributed by atoms with Crippen LogP contribution in [-0.4, -0.2) is 87.3 Å². The van der Waals surface area contributed by atoms with Crippen LogP contribution >= 0.6 is 0 Å². The Morgan fingerprint density at radius 2 is 2.06 bits per heavy atom. The van der Waals surface area contributed by atoms with Crippen LogP contribution in [0.4, 0.5) is 11.8 Å². The van der Waals surface area contributed by atoms with Gasteiger partial charge in [0.25, 0.3) is 0 Å². The first kappa shape index (κ1) is 22.3. The zero-order chi connectivity index (χ0) is 22.7. The molecule has 2 saturated heterocycles. The molecule has 0 aliphatic carbocycles. The highest BCUT2D eigenvalue weighted by molar-refractivity contribution is 7.85. The number of likely N-dealkylation sites (N-methyl/N-ethyl adjacent to an activating group) is 1. The molecular weight excluding hydrogens is 428 g/mol. The van der Waals surface area contributed by atoms with Crippen molar-refractivity contribution in [3.63, 3.8) is 0 Å². The molecule has 4 heterocycles. The largest absolute Gasteiger partial charge is 0.404 e. The van der Waals surface area contributed by atoms with Crippen LogP contribution in [0, 0.1) is 0 Å². The summed E-state index contributed by atoms with van der Waals surface area (Å²) in [5.41, 5.74) is 6.41. The second kappa shape index (κ2) is 9.68. The number of fused-ring (bicyclic) bond motifs is 1. The maximum atomic E-state index is 12.6. The molecule has 0 bridgehead atoms. The van der Waals surface area contributed by atoms with Gasteiger partial charge in [-0.05, 0) is 18.7 Å². The second-order valence-corrected chi connectivity index (χ2v) is 9.61. The summed E-state index contributed by atoms with van der Waals surface area (Å²) in [6.45, 7) is 7.25. The van der Waals surface area contributed by atoms with Gasteiger partial charge in [-0.1, -0.05) is 6.58 Å². The minimum atomic E-state index is -1.10. The Morgan fingerprint density at radius 3 is 2.75 bits per heavy atom. The Bertz CT molecular complexity index is 971. The molecule has 1 amide bonds. The lowest BCUT2D eigenvalue weighted by Gasteiger charge is -2.36. The fraction of sp³-hybridized carbons (Fsp3) is 0.524. The molecule has 3 aliphatic rings. The Morgan fingerprint density at radius 1 is 1.28 bits per heavy atom. The Labute approximate surface area is 190 Å². The minimum absolute atomic E-state index is 0.0831. The number of aliphatic imine (C=N–C) groups is 1. The highest BCUT2D eigenvalue weighted by Crippen LogP contribution is 2.31. The predicted octanol–water partition coefficient (Wildman–Crippen LogP) is 0.309. The summed E-state index contributed by atoms with van der Waals surface area (Å²) < 4.78 is 12.6. The van der Waals surface area contributed by atoms with Crippen molar-refractivity contribution in [2.75, 3.05) is 55.7 Å². The third-order valence-electron chi connectivity index (χ3n) is 6.00. The second-order valence-electron chi connectivity index (χ2n) is 8.10. The maximum absolute atomic E-state index is 12.6. The molecule has 3 N–H and O–H groups in total. The molecule has 172 valence electrons. The van der Waals surface area contributed by atoms with Crippen molar-refractivity contribution in [3.05, 3.63) is 30.7 Å². The van der Waals surface area contributed by atoms with Gasteiger partial charge in [0.15, 0.2) is 0 Å². The van der Waals surface area contributed by atoms with Gasteiger partial charge in [0.05, 0.1) is 16.5 Å². The van der Waals surface area contributed by atoms with E-state index in [9.17, 15) is 9.00 Å². The zero-order valence-electron chi connectivity index (χ0n) is 18.4. The van der Waals surface area contributed by atoms with Gasteiger partial charge < -0.3 is 25.8 Å². The quantitative estimate of drug-likeness (QED) is 0.478. The van der Waals surface area contributed by atoms with Gasteiger partial charge in [0.2, 0.25) is 11.9 Å². The fourth-order valence-electron chi connectivity index (χ4n) is 4.29. The molecule has 1 aromatic rings. The van der Waals surface area contributed by atoms with Crippen molar-refractivity contribution in [1.29, 1.82) is 0 Å². The predicted molar refractivity (Wildman–Crippen MR) is 126 cm³/mol. The van der Waals surface area contributed by atoms with E-state index in [0.717, 1.165) is 49.0 Å². The fourth-order valence-corrected chi connectivity index (χ4v) is 5.61. The minimum Gasteiger partial charge on any atom is -0.404 e. The summed E-state index contributed by atoms with van der Waals surface area (Å²) in [6, 6.07) is 0.0831. The number of carbonyl (C=O) groups excluding carboxylic acids is 1. The average Bonchev–Trinajstić information content (AvgIpc) is 3.17. The summed E-state index contributed by atoms with van der Waals surface area (Å²) in [5.74, 6) is 2.82. The van der Waals surface area contributed by atoms with E-state index < -0.39 is 10.8 Å². The lowest BCUT2D eigenvalue weighted by molar-refractivity contribution is -0.132. The molecule has 11 heteroatoms. The molecule has 0 saturated carbocycles. The normalized spacial score (nSPS) is 24.2. The number of nitrogens with zero attached hydrogens (tertiary/aromatic N) is 6. The van der Waals surface area contributed by atoms with Gasteiger partial charge >= 0.3 is 0 Å². The highest BCUT2D eigenvalue weighted by atomic mass is 32.2. The smallest absolute Gasteiger partial charge is 0.227 e. The summed E-state index contributed by atoms with van der Waals surface area (Å²) >= 11 is 0. The Hall–Kier alpha value is -2.95. The molecule has 32 heavy (non-hydrogen) atoms. The molecular formula is C21H30N8O2S. The van der Waals surface area contributed by atoms with E-state index in [1.807, 2.05) is 7.05 Å². The van der Waals surface area contributed by atoms with E-state index in [0.29, 0.717) is 36.9 Å². The molecule has 0 spiro atoms. The first-order valence-electron chi connectivity index (χ1n) is 10.9. The van der Waals surface area contributed by atoms with E-state index in [2.05, 4.69) is 26.7 Å². The van der Waals surface area contributed by atoms with Crippen LogP contribution in [0.1, 0.15) is 18.5 Å². The number of amidine groups is 1. The lowest BCUT2D eigenvalue weighted by Crippen LogP contribution is -2.49. The molecule has 10 nitrogen and oxygen atoms in total. The molecule has 2 atom stereocenters. The van der Waals surface area contributed by atoms with E-state index in [1.54, 1.807) is 11.0 Å².